The lowest BCUT2D eigenvalue weighted by Crippen LogP contribution is -2.24. The fraction of sp³-hybridized carbons (Fsp3) is 0.333. The molecule has 0 unspecified atom stereocenters. The fourth-order valence-corrected chi connectivity index (χ4v) is 3.99. The SMILES string of the molecule is O=C(CSc1cccc(NC(=O)C2CCCCC2)c1)c1ccc(F)cc1. The van der Waals surface area contributed by atoms with Crippen molar-refractivity contribution in [3.63, 3.8) is 0 Å². The molecule has 1 fully saturated rings. The number of nitrogens with one attached hydrogen (secondary N) is 1. The fourth-order valence-electron chi connectivity index (χ4n) is 3.14. The van der Waals surface area contributed by atoms with E-state index < -0.39 is 0 Å². The van der Waals surface area contributed by atoms with Crippen LogP contribution < -0.4 is 5.32 Å². The lowest BCUT2D eigenvalue weighted by molar-refractivity contribution is -0.120. The monoisotopic (exact) mass is 371 g/mol. The van der Waals surface area contributed by atoms with Crippen LogP contribution >= 0.6 is 11.8 Å². The molecule has 1 saturated carbocycles. The van der Waals surface area contributed by atoms with Crippen LogP contribution in [-0.2, 0) is 4.79 Å². The average Bonchev–Trinajstić information content (AvgIpc) is 2.67. The summed E-state index contributed by atoms with van der Waals surface area (Å²) in [6, 6.07) is 13.1. The van der Waals surface area contributed by atoms with Crippen molar-refractivity contribution < 1.29 is 14.0 Å². The molecule has 0 saturated heterocycles. The number of thioether (sulfide) groups is 1. The first kappa shape index (κ1) is 18.6. The zero-order chi connectivity index (χ0) is 18.4. The number of hydrogen-bond donors (Lipinski definition) is 1. The number of amides is 1. The van der Waals surface area contributed by atoms with E-state index in [1.807, 2.05) is 24.3 Å². The van der Waals surface area contributed by atoms with Crippen LogP contribution in [0, 0.1) is 11.7 Å². The number of benzene rings is 2. The minimum Gasteiger partial charge on any atom is -0.326 e. The van der Waals surface area contributed by atoms with Crippen molar-refractivity contribution in [3.05, 3.63) is 59.9 Å². The Bertz CT molecular complexity index is 770. The summed E-state index contributed by atoms with van der Waals surface area (Å²) in [4.78, 5) is 25.5. The van der Waals surface area contributed by atoms with Gasteiger partial charge in [-0.1, -0.05) is 25.3 Å². The Kier molecular flexibility index (Phi) is 6.45. The van der Waals surface area contributed by atoms with E-state index in [0.717, 1.165) is 36.3 Å². The number of hydrogen-bond acceptors (Lipinski definition) is 3. The van der Waals surface area contributed by atoms with Gasteiger partial charge in [0.2, 0.25) is 5.91 Å². The van der Waals surface area contributed by atoms with Gasteiger partial charge in [0, 0.05) is 22.1 Å². The predicted molar refractivity (Wildman–Crippen MR) is 103 cm³/mol. The quantitative estimate of drug-likeness (QED) is 0.552. The van der Waals surface area contributed by atoms with Gasteiger partial charge in [0.1, 0.15) is 5.82 Å². The highest BCUT2D eigenvalue weighted by Gasteiger charge is 2.21. The van der Waals surface area contributed by atoms with Gasteiger partial charge in [-0.25, -0.2) is 4.39 Å². The number of ketones is 1. The molecule has 0 spiro atoms. The van der Waals surface area contributed by atoms with Crippen molar-refractivity contribution in [3.8, 4) is 0 Å². The van der Waals surface area contributed by atoms with Crippen LogP contribution in [0.15, 0.2) is 53.4 Å². The first-order valence-electron chi connectivity index (χ1n) is 8.94. The van der Waals surface area contributed by atoms with Gasteiger partial charge in [-0.2, -0.15) is 0 Å². The van der Waals surface area contributed by atoms with E-state index in [1.54, 1.807) is 0 Å². The summed E-state index contributed by atoms with van der Waals surface area (Å²) in [5, 5.41) is 3.00. The molecule has 0 aromatic heterocycles. The molecular weight excluding hydrogens is 349 g/mol. The lowest BCUT2D eigenvalue weighted by atomic mass is 9.88. The maximum Gasteiger partial charge on any atom is 0.227 e. The van der Waals surface area contributed by atoms with Crippen molar-refractivity contribution >= 4 is 29.1 Å². The maximum absolute atomic E-state index is 12.9. The first-order valence-corrected chi connectivity index (χ1v) is 9.93. The summed E-state index contributed by atoms with van der Waals surface area (Å²) in [6.07, 6.45) is 5.40. The average molecular weight is 371 g/mol. The van der Waals surface area contributed by atoms with Gasteiger partial charge in [-0.05, 0) is 55.3 Å². The molecule has 3 nitrogen and oxygen atoms in total. The number of halogens is 1. The summed E-state index contributed by atoms with van der Waals surface area (Å²) in [5.41, 5.74) is 1.26. The van der Waals surface area contributed by atoms with Gasteiger partial charge in [-0.3, -0.25) is 9.59 Å². The minimum absolute atomic E-state index is 0.0494. The largest absolute Gasteiger partial charge is 0.326 e. The summed E-state index contributed by atoms with van der Waals surface area (Å²) >= 11 is 1.41. The van der Waals surface area contributed by atoms with Crippen LogP contribution in [0.3, 0.4) is 0 Å². The zero-order valence-corrected chi connectivity index (χ0v) is 15.4. The lowest BCUT2D eigenvalue weighted by Gasteiger charge is -2.20. The number of carbonyl (C=O) groups is 2. The van der Waals surface area contributed by atoms with Crippen molar-refractivity contribution in [1.82, 2.24) is 0 Å². The third-order valence-corrected chi connectivity index (χ3v) is 5.61. The van der Waals surface area contributed by atoms with Gasteiger partial charge in [-0.15, -0.1) is 11.8 Å². The Labute approximate surface area is 157 Å². The van der Waals surface area contributed by atoms with E-state index in [-0.39, 0.29) is 29.2 Å². The summed E-state index contributed by atoms with van der Waals surface area (Å²) in [6.45, 7) is 0. The Hall–Kier alpha value is -2.14. The Morgan fingerprint density at radius 2 is 1.77 bits per heavy atom. The molecule has 1 N–H and O–H groups in total. The second kappa shape index (κ2) is 8.99. The van der Waals surface area contributed by atoms with E-state index in [1.165, 1.54) is 42.4 Å². The van der Waals surface area contributed by atoms with Gasteiger partial charge >= 0.3 is 0 Å². The Balaban J connectivity index is 1.56. The molecule has 0 heterocycles. The number of anilines is 1. The highest BCUT2D eigenvalue weighted by Crippen LogP contribution is 2.26. The summed E-state index contributed by atoms with van der Waals surface area (Å²) < 4.78 is 12.9. The Morgan fingerprint density at radius 3 is 2.50 bits per heavy atom. The molecule has 0 radical (unpaired) electrons. The van der Waals surface area contributed by atoms with E-state index in [4.69, 9.17) is 0 Å². The van der Waals surface area contributed by atoms with Crippen molar-refractivity contribution in [2.45, 2.75) is 37.0 Å². The highest BCUT2D eigenvalue weighted by molar-refractivity contribution is 8.00. The molecule has 136 valence electrons. The predicted octanol–water partition coefficient (Wildman–Crippen LogP) is 5.32. The third-order valence-electron chi connectivity index (χ3n) is 4.61. The summed E-state index contributed by atoms with van der Waals surface area (Å²) in [7, 11) is 0. The number of Topliss-reactive ketones (excluding diaryl/α,β-unsaturated/α-hetero) is 1. The molecule has 2 aromatic carbocycles. The van der Waals surface area contributed by atoms with Crippen molar-refractivity contribution in [2.75, 3.05) is 11.1 Å². The number of carbonyl (C=O) groups excluding carboxylic acids is 2. The van der Waals surface area contributed by atoms with Crippen LogP contribution in [0.25, 0.3) is 0 Å². The van der Waals surface area contributed by atoms with Gasteiger partial charge in [0.15, 0.2) is 5.78 Å². The molecule has 1 aliphatic rings. The van der Waals surface area contributed by atoms with Crippen LogP contribution in [-0.4, -0.2) is 17.4 Å². The second-order valence-electron chi connectivity index (χ2n) is 6.57. The third kappa shape index (κ3) is 5.18. The topological polar surface area (TPSA) is 46.2 Å². The van der Waals surface area contributed by atoms with Crippen molar-refractivity contribution in [1.29, 1.82) is 0 Å². The molecule has 2 aromatic rings. The maximum atomic E-state index is 12.9. The van der Waals surface area contributed by atoms with Gasteiger partial charge in [0.25, 0.3) is 0 Å². The molecule has 3 rings (SSSR count). The molecule has 1 aliphatic carbocycles. The van der Waals surface area contributed by atoms with E-state index in [9.17, 15) is 14.0 Å². The van der Waals surface area contributed by atoms with Crippen LogP contribution in [0.5, 0.6) is 0 Å². The molecule has 26 heavy (non-hydrogen) atoms. The normalized spacial score (nSPS) is 14.8. The minimum atomic E-state index is -0.351. The van der Waals surface area contributed by atoms with Crippen LogP contribution in [0.1, 0.15) is 42.5 Å². The molecule has 0 bridgehead atoms. The molecule has 5 heteroatoms. The molecular formula is C21H22FNO2S. The van der Waals surface area contributed by atoms with E-state index in [0.29, 0.717) is 5.56 Å². The smallest absolute Gasteiger partial charge is 0.227 e. The summed E-state index contributed by atoms with van der Waals surface area (Å²) in [5.74, 6) is 0.0719. The first-order chi connectivity index (χ1) is 12.6. The Morgan fingerprint density at radius 1 is 1.04 bits per heavy atom. The van der Waals surface area contributed by atoms with Gasteiger partial charge in [0.05, 0.1) is 5.75 Å². The van der Waals surface area contributed by atoms with Crippen LogP contribution in [0.2, 0.25) is 0 Å². The number of rotatable bonds is 6. The standard InChI is InChI=1S/C21H22FNO2S/c22-17-11-9-15(10-12-17)20(24)14-26-19-8-4-7-18(13-19)23-21(25)16-5-2-1-3-6-16/h4,7-13,16H,1-3,5-6,14H2,(H,23,25). The molecule has 1 amide bonds. The molecule has 0 aliphatic heterocycles. The van der Waals surface area contributed by atoms with Gasteiger partial charge < -0.3 is 5.32 Å². The van der Waals surface area contributed by atoms with E-state index in [2.05, 4.69) is 5.32 Å². The molecule has 0 atom stereocenters. The second-order valence-corrected chi connectivity index (χ2v) is 7.62. The van der Waals surface area contributed by atoms with Crippen molar-refractivity contribution in [2.24, 2.45) is 5.92 Å². The van der Waals surface area contributed by atoms with E-state index >= 15 is 0 Å². The highest BCUT2D eigenvalue weighted by atomic mass is 32.2. The van der Waals surface area contributed by atoms with Crippen LogP contribution in [0.4, 0.5) is 10.1 Å². The zero-order valence-electron chi connectivity index (χ0n) is 14.5.